The lowest BCUT2D eigenvalue weighted by molar-refractivity contribution is 0.370. The van der Waals surface area contributed by atoms with E-state index in [0.717, 1.165) is 23.5 Å². The van der Waals surface area contributed by atoms with Crippen molar-refractivity contribution in [2.45, 2.75) is 199 Å². The molecule has 3 nitrogen and oxygen atoms in total. The Morgan fingerprint density at radius 3 is 0.769 bits per heavy atom. The number of rotatable bonds is 33. The number of hydrogen-bond acceptors (Lipinski definition) is 2. The lowest BCUT2D eigenvalue weighted by Gasteiger charge is -2.05. The second-order valence-electron chi connectivity index (χ2n) is 12.1. The van der Waals surface area contributed by atoms with E-state index in [9.17, 15) is 4.57 Å². The van der Waals surface area contributed by atoms with Crippen LogP contribution in [0.3, 0.4) is 0 Å². The summed E-state index contributed by atoms with van der Waals surface area (Å²) in [5, 5.41) is 0. The molecule has 0 unspecified atom stereocenters. The van der Waals surface area contributed by atoms with Crippen molar-refractivity contribution in [2.75, 3.05) is 6.16 Å². The summed E-state index contributed by atoms with van der Waals surface area (Å²) in [6.45, 7) is 0. The molecule has 39 heavy (non-hydrogen) atoms. The van der Waals surface area contributed by atoms with Gasteiger partial charge in [0.05, 0.1) is 0 Å². The summed E-state index contributed by atoms with van der Waals surface area (Å²) >= 11 is 9.19. The number of unbranched alkanes of at least 4 members (excludes halogenated alkanes) is 29. The molecule has 0 aliphatic heterocycles. The molecular weight excluding hydrogens is 539 g/mol. The molecule has 0 aliphatic carbocycles. The van der Waals surface area contributed by atoms with Crippen molar-refractivity contribution >= 4 is 36.6 Å². The van der Waals surface area contributed by atoms with Gasteiger partial charge in [-0.1, -0.05) is 192 Å². The van der Waals surface area contributed by atoms with Crippen LogP contribution in [-0.2, 0) is 4.57 Å². The van der Waals surface area contributed by atoms with Gasteiger partial charge in [0.1, 0.15) is 0 Å². The van der Waals surface area contributed by atoms with Crippen LogP contribution in [0.15, 0.2) is 0 Å². The van der Waals surface area contributed by atoms with Crippen molar-refractivity contribution in [3.63, 3.8) is 0 Å². The van der Waals surface area contributed by atoms with Gasteiger partial charge in [-0.3, -0.25) is 4.57 Å². The van der Waals surface area contributed by atoms with Crippen molar-refractivity contribution in [3.05, 3.63) is 0 Å². The predicted octanol–water partition coefficient (Wildman–Crippen LogP) is 12.5. The molecule has 6 heteroatoms. The molecule has 0 radical (unpaired) electrons. The topological polar surface area (TPSA) is 57.5 Å². The largest absolute Gasteiger partial charge is 0.325 e. The van der Waals surface area contributed by atoms with Gasteiger partial charge in [0, 0.05) is 10.4 Å². The van der Waals surface area contributed by atoms with Gasteiger partial charge in [0.2, 0.25) is 0 Å². The third-order valence-electron chi connectivity index (χ3n) is 8.09. The van der Waals surface area contributed by atoms with Gasteiger partial charge in [-0.15, -0.1) is 12.6 Å². The molecule has 0 aromatic carbocycles. The second kappa shape index (κ2) is 31.5. The maximum atomic E-state index is 10.8. The Morgan fingerprint density at radius 1 is 0.410 bits per heavy atom. The highest BCUT2D eigenvalue weighted by atomic mass is 32.1. The molecule has 0 spiro atoms. The molecule has 0 atom stereocenters. The maximum Gasteiger partial charge on any atom is 0.325 e. The van der Waals surface area contributed by atoms with E-state index in [4.69, 9.17) is 22.0 Å². The SMILES string of the molecule is O=P(O)(O)CCCCCCCCCCCCCCCCCCCCCCCCCCCCCCCCC(=S)S. The molecule has 0 bridgehead atoms. The molecule has 0 fully saturated rings. The number of thiocarbonyl (C=S) groups is 1. The first-order valence-corrected chi connectivity index (χ1v) is 19.8. The molecule has 2 N–H and O–H groups in total. The van der Waals surface area contributed by atoms with Crippen molar-refractivity contribution in [3.8, 4) is 0 Å². The molecule has 0 saturated heterocycles. The molecule has 0 amide bonds. The zero-order chi connectivity index (χ0) is 28.7. The third-order valence-corrected chi connectivity index (χ3v) is 9.42. The Balaban J connectivity index is 3.06. The van der Waals surface area contributed by atoms with Crippen LogP contribution in [0.4, 0.5) is 0 Å². The van der Waals surface area contributed by atoms with E-state index in [0.29, 0.717) is 6.42 Å². The van der Waals surface area contributed by atoms with E-state index in [1.807, 2.05) is 0 Å². The van der Waals surface area contributed by atoms with Crippen LogP contribution in [-0.4, -0.2) is 20.1 Å². The molecule has 0 aliphatic rings. The number of hydrogen-bond donors (Lipinski definition) is 3. The normalized spacial score (nSPS) is 11.9. The quantitative estimate of drug-likeness (QED) is 0.0301. The Bertz CT molecular complexity index is 553. The van der Waals surface area contributed by atoms with E-state index < -0.39 is 7.60 Å². The van der Waals surface area contributed by atoms with E-state index in [2.05, 4.69) is 12.6 Å². The van der Waals surface area contributed by atoms with Crippen LogP contribution in [0, 0.1) is 0 Å². The summed E-state index contributed by atoms with van der Waals surface area (Å²) in [5.41, 5.74) is 0. The monoisotopic (exact) mass is 606 g/mol. The summed E-state index contributed by atoms with van der Waals surface area (Å²) in [5.74, 6) is 0. The lowest BCUT2D eigenvalue weighted by Crippen LogP contribution is -1.88. The van der Waals surface area contributed by atoms with Gasteiger partial charge in [-0.2, -0.15) is 0 Å². The van der Waals surface area contributed by atoms with Crippen molar-refractivity contribution in [2.24, 2.45) is 0 Å². The van der Waals surface area contributed by atoms with Crippen LogP contribution in [0.1, 0.15) is 199 Å². The Kier molecular flexibility index (Phi) is 32.0. The zero-order valence-electron chi connectivity index (χ0n) is 25.7. The first-order chi connectivity index (χ1) is 18.9. The molecule has 0 aromatic rings. The van der Waals surface area contributed by atoms with Crippen molar-refractivity contribution < 1.29 is 14.4 Å². The molecule has 0 heterocycles. The predicted molar refractivity (Wildman–Crippen MR) is 182 cm³/mol. The maximum absolute atomic E-state index is 10.8. The number of thiol groups is 1. The van der Waals surface area contributed by atoms with E-state index in [1.165, 1.54) is 173 Å². The standard InChI is InChI=1S/C33H67O3PS2/c34-37(35,36)32-30-28-26-24-22-20-18-16-14-12-10-8-6-4-2-1-3-5-7-9-11-13-15-17-19-21-23-25-27-29-31-33(38)39/h1-32H2,(H,38,39)(H2,34,35,36). The molecule has 234 valence electrons. The minimum Gasteiger partial charge on any atom is -0.324 e. The fraction of sp³-hybridized carbons (Fsp3) is 0.970. The summed E-state index contributed by atoms with van der Waals surface area (Å²) in [4.78, 5) is 17.7. The average Bonchev–Trinajstić information content (AvgIpc) is 2.88. The van der Waals surface area contributed by atoms with Crippen LogP contribution in [0.25, 0.3) is 0 Å². The molecular formula is C33H67O3PS2. The lowest BCUT2D eigenvalue weighted by atomic mass is 10.0. The third kappa shape index (κ3) is 38.6. The summed E-state index contributed by atoms with van der Waals surface area (Å²) < 4.78 is 11.7. The van der Waals surface area contributed by atoms with Gasteiger partial charge in [-0.25, -0.2) is 0 Å². The molecule has 0 saturated carbocycles. The van der Waals surface area contributed by atoms with Gasteiger partial charge in [0.15, 0.2) is 0 Å². The Hall–Kier alpha value is 0.590. The Morgan fingerprint density at radius 2 is 0.590 bits per heavy atom. The highest BCUT2D eigenvalue weighted by molar-refractivity contribution is 8.11. The van der Waals surface area contributed by atoms with Crippen LogP contribution in [0.2, 0.25) is 0 Å². The highest BCUT2D eigenvalue weighted by Gasteiger charge is 2.10. The van der Waals surface area contributed by atoms with Gasteiger partial charge >= 0.3 is 7.60 Å². The summed E-state index contributed by atoms with van der Waals surface area (Å²) in [7, 11) is -3.77. The van der Waals surface area contributed by atoms with Crippen LogP contribution < -0.4 is 0 Å². The summed E-state index contributed by atoms with van der Waals surface area (Å²) in [6.07, 6.45) is 41.6. The zero-order valence-corrected chi connectivity index (χ0v) is 28.3. The first-order valence-electron chi connectivity index (χ1n) is 17.2. The van der Waals surface area contributed by atoms with Crippen molar-refractivity contribution in [1.82, 2.24) is 0 Å². The first kappa shape index (κ1) is 39.6. The van der Waals surface area contributed by atoms with Gasteiger partial charge < -0.3 is 9.79 Å². The van der Waals surface area contributed by atoms with Crippen molar-refractivity contribution in [1.29, 1.82) is 0 Å². The minimum atomic E-state index is -3.77. The average molecular weight is 607 g/mol. The second-order valence-corrected chi connectivity index (χ2v) is 15.3. The van der Waals surface area contributed by atoms with Crippen LogP contribution in [0.5, 0.6) is 0 Å². The minimum absolute atomic E-state index is 0.0590. The Labute approximate surface area is 255 Å². The van der Waals surface area contributed by atoms with Gasteiger partial charge in [-0.05, 0) is 19.3 Å². The smallest absolute Gasteiger partial charge is 0.324 e. The van der Waals surface area contributed by atoms with E-state index in [-0.39, 0.29) is 6.16 Å². The highest BCUT2D eigenvalue weighted by Crippen LogP contribution is 2.35. The van der Waals surface area contributed by atoms with E-state index in [1.54, 1.807) is 0 Å². The fourth-order valence-corrected chi connectivity index (χ4v) is 6.48. The fourth-order valence-electron chi connectivity index (χ4n) is 5.54. The van der Waals surface area contributed by atoms with Gasteiger partial charge in [0.25, 0.3) is 0 Å². The van der Waals surface area contributed by atoms with E-state index >= 15 is 0 Å². The van der Waals surface area contributed by atoms with Crippen LogP contribution >= 0.6 is 32.4 Å². The molecule has 0 rings (SSSR count). The summed E-state index contributed by atoms with van der Waals surface area (Å²) in [6, 6.07) is 0. The molecule has 0 aromatic heterocycles.